The molecule has 4 rings (SSSR count). The third-order valence-electron chi connectivity index (χ3n) is 5.92. The van der Waals surface area contributed by atoms with Crippen LogP contribution in [0.2, 0.25) is 0 Å². The zero-order chi connectivity index (χ0) is 20.1. The van der Waals surface area contributed by atoms with Crippen molar-refractivity contribution in [3.63, 3.8) is 0 Å². The van der Waals surface area contributed by atoms with Gasteiger partial charge in [-0.2, -0.15) is 0 Å². The second kappa shape index (κ2) is 6.63. The number of phenols is 1. The maximum absolute atomic E-state index is 13.4. The average molecular weight is 381 g/mol. The zero-order valence-electron chi connectivity index (χ0n) is 15.7. The van der Waals surface area contributed by atoms with Crippen molar-refractivity contribution in [2.45, 2.75) is 50.7 Å². The van der Waals surface area contributed by atoms with E-state index in [0.717, 1.165) is 41.7 Å². The number of carboxylic acid groups (broad SMARTS) is 1. The van der Waals surface area contributed by atoms with E-state index in [-0.39, 0.29) is 17.7 Å². The molecule has 0 fully saturated rings. The van der Waals surface area contributed by atoms with Crippen LogP contribution in [0.25, 0.3) is 0 Å². The van der Waals surface area contributed by atoms with Crippen molar-refractivity contribution in [2.24, 2.45) is 0 Å². The molecule has 2 aromatic rings. The number of carbonyl (C=O) groups is 2. The highest BCUT2D eigenvalue weighted by molar-refractivity contribution is 6.12. The number of carbonyl (C=O) groups excluding carboxylic acids is 1. The molecule has 1 aliphatic carbocycles. The molecule has 0 spiro atoms. The molecule has 28 heavy (non-hydrogen) atoms. The molecule has 0 saturated heterocycles. The van der Waals surface area contributed by atoms with Crippen LogP contribution in [0.4, 0.5) is 5.69 Å². The third-order valence-corrected chi connectivity index (χ3v) is 5.92. The molecule has 2 aromatic carbocycles. The fourth-order valence-electron chi connectivity index (χ4n) is 4.49. The van der Waals surface area contributed by atoms with Crippen LogP contribution in [0, 0.1) is 0 Å². The number of phenolic OH excluding ortho intramolecular Hbond substituents is 1. The van der Waals surface area contributed by atoms with Crippen molar-refractivity contribution in [1.29, 1.82) is 0 Å². The van der Waals surface area contributed by atoms with E-state index >= 15 is 0 Å². The molecule has 1 heterocycles. The summed E-state index contributed by atoms with van der Waals surface area (Å²) < 4.78 is 0. The Hall–Kier alpha value is -2.86. The van der Waals surface area contributed by atoms with Crippen molar-refractivity contribution in [1.82, 2.24) is 0 Å². The maximum Gasteiger partial charge on any atom is 0.326 e. The number of hydrogen-bond acceptors (Lipinski definition) is 4. The number of nitrogens with zero attached hydrogens (tertiary/aromatic N) is 1. The van der Waals surface area contributed by atoms with E-state index in [0.29, 0.717) is 11.3 Å². The number of carboxylic acids is 1. The fraction of sp³-hybridized carbons (Fsp3) is 0.364. The average Bonchev–Trinajstić information content (AvgIpc) is 2.91. The number of fused-ring (bicyclic) bond motifs is 2. The lowest BCUT2D eigenvalue weighted by Gasteiger charge is -2.28. The van der Waals surface area contributed by atoms with Crippen LogP contribution in [0.5, 0.6) is 5.75 Å². The quantitative estimate of drug-likeness (QED) is 0.756. The minimum Gasteiger partial charge on any atom is -0.508 e. The Bertz CT molecular complexity index is 969. The van der Waals surface area contributed by atoms with Gasteiger partial charge >= 0.3 is 5.97 Å². The van der Waals surface area contributed by atoms with Gasteiger partial charge in [-0.1, -0.05) is 25.1 Å². The smallest absolute Gasteiger partial charge is 0.326 e. The molecule has 0 radical (unpaired) electrons. The molecule has 3 N–H and O–H groups in total. The summed E-state index contributed by atoms with van der Waals surface area (Å²) in [5, 5.41) is 31.9. The first kappa shape index (κ1) is 18.5. The van der Waals surface area contributed by atoms with Gasteiger partial charge < -0.3 is 15.3 Å². The summed E-state index contributed by atoms with van der Waals surface area (Å²) in [6.45, 7) is 1.68. The third kappa shape index (κ3) is 2.52. The minimum atomic E-state index is -2.12. The van der Waals surface area contributed by atoms with E-state index in [1.165, 1.54) is 0 Å². The number of para-hydroxylation sites is 1. The van der Waals surface area contributed by atoms with Gasteiger partial charge in [0.1, 0.15) is 11.8 Å². The second-order valence-electron chi connectivity index (χ2n) is 7.51. The maximum atomic E-state index is 13.4. The molecular weight excluding hydrogens is 358 g/mol. The fourth-order valence-corrected chi connectivity index (χ4v) is 4.49. The topological polar surface area (TPSA) is 98.1 Å². The Balaban J connectivity index is 1.92. The van der Waals surface area contributed by atoms with Gasteiger partial charge in [0.05, 0.1) is 5.69 Å². The van der Waals surface area contributed by atoms with E-state index in [2.05, 4.69) is 0 Å². The Kier molecular flexibility index (Phi) is 4.38. The first-order chi connectivity index (χ1) is 13.4. The number of anilines is 1. The molecule has 2 atom stereocenters. The lowest BCUT2D eigenvalue weighted by molar-refractivity contribution is -0.142. The van der Waals surface area contributed by atoms with Gasteiger partial charge in [-0.25, -0.2) is 4.79 Å². The number of aliphatic hydroxyl groups is 1. The number of benzene rings is 2. The zero-order valence-corrected chi connectivity index (χ0v) is 15.7. The molecule has 6 heteroatoms. The Morgan fingerprint density at radius 1 is 1.14 bits per heavy atom. The van der Waals surface area contributed by atoms with Crippen LogP contribution in [0.15, 0.2) is 36.4 Å². The number of aromatic hydroxyl groups is 1. The predicted octanol–water partition coefficient (Wildman–Crippen LogP) is 2.72. The number of aryl methyl sites for hydroxylation is 2. The van der Waals surface area contributed by atoms with Gasteiger partial charge in [-0.05, 0) is 61.4 Å². The van der Waals surface area contributed by atoms with Gasteiger partial charge in [-0.15, -0.1) is 0 Å². The number of amides is 1. The molecule has 146 valence electrons. The molecule has 0 saturated carbocycles. The predicted molar refractivity (Wildman–Crippen MR) is 103 cm³/mol. The van der Waals surface area contributed by atoms with E-state index in [4.69, 9.17) is 0 Å². The summed E-state index contributed by atoms with van der Waals surface area (Å²) in [5.41, 5.74) is 0.710. The van der Waals surface area contributed by atoms with Crippen LogP contribution in [0.3, 0.4) is 0 Å². The molecule has 2 aliphatic rings. The summed E-state index contributed by atoms with van der Waals surface area (Å²) in [7, 11) is 0. The van der Waals surface area contributed by atoms with Crippen molar-refractivity contribution in [3.8, 4) is 5.75 Å². The summed E-state index contributed by atoms with van der Waals surface area (Å²) in [6.07, 6.45) is 3.94. The van der Waals surface area contributed by atoms with Crippen LogP contribution < -0.4 is 4.90 Å². The monoisotopic (exact) mass is 381 g/mol. The highest BCUT2D eigenvalue weighted by Gasteiger charge is 2.54. The molecular formula is C22H23NO5. The molecule has 1 amide bonds. The highest BCUT2D eigenvalue weighted by Crippen LogP contribution is 2.48. The number of rotatable bonds is 4. The Labute approximate surface area is 163 Å². The van der Waals surface area contributed by atoms with Crippen LogP contribution >= 0.6 is 0 Å². The number of aliphatic carboxylic acids is 1. The number of hydrogen-bond donors (Lipinski definition) is 3. The summed E-state index contributed by atoms with van der Waals surface area (Å²) >= 11 is 0. The normalized spacial score (nSPS) is 21.9. The summed E-state index contributed by atoms with van der Waals surface area (Å²) in [4.78, 5) is 26.3. The largest absolute Gasteiger partial charge is 0.508 e. The van der Waals surface area contributed by atoms with Crippen LogP contribution in [-0.2, 0) is 28.0 Å². The van der Waals surface area contributed by atoms with E-state index < -0.39 is 23.5 Å². The van der Waals surface area contributed by atoms with Crippen molar-refractivity contribution < 1.29 is 24.9 Å². The van der Waals surface area contributed by atoms with Gasteiger partial charge in [-0.3, -0.25) is 9.69 Å². The van der Waals surface area contributed by atoms with E-state index in [1.807, 2.05) is 0 Å². The molecule has 0 aromatic heterocycles. The van der Waals surface area contributed by atoms with Crippen molar-refractivity contribution >= 4 is 17.6 Å². The van der Waals surface area contributed by atoms with Crippen LogP contribution in [-0.4, -0.2) is 33.2 Å². The second-order valence-corrected chi connectivity index (χ2v) is 7.51. The molecule has 6 nitrogen and oxygen atoms in total. The van der Waals surface area contributed by atoms with Gasteiger partial charge in [0.15, 0.2) is 5.60 Å². The molecule has 1 aliphatic heterocycles. The molecule has 0 bridgehead atoms. The van der Waals surface area contributed by atoms with Crippen molar-refractivity contribution in [2.75, 3.05) is 4.90 Å². The van der Waals surface area contributed by atoms with Gasteiger partial charge in [0.2, 0.25) is 0 Å². The lowest BCUT2D eigenvalue weighted by Crippen LogP contribution is -2.48. The van der Waals surface area contributed by atoms with Crippen molar-refractivity contribution in [3.05, 3.63) is 58.7 Å². The van der Waals surface area contributed by atoms with Gasteiger partial charge in [0.25, 0.3) is 5.91 Å². The van der Waals surface area contributed by atoms with Crippen LogP contribution in [0.1, 0.15) is 48.4 Å². The first-order valence-electron chi connectivity index (χ1n) is 9.63. The van der Waals surface area contributed by atoms with E-state index in [1.54, 1.807) is 43.3 Å². The van der Waals surface area contributed by atoms with E-state index in [9.17, 15) is 24.9 Å². The molecule has 2 unspecified atom stereocenters. The SMILES string of the molecule is CCC(C(=O)O)N1C(=O)C(O)(c2cc3c(cc2O)CCCC3)c2ccccc21. The summed E-state index contributed by atoms with van der Waals surface area (Å²) in [5.74, 6) is -2.02. The summed E-state index contributed by atoms with van der Waals surface area (Å²) in [6, 6.07) is 8.89. The standard InChI is InChI=1S/C22H23NO5/c1-2-17(20(25)26)23-18-10-6-5-9-15(18)22(28,21(23)27)16-11-13-7-3-4-8-14(13)12-19(16)24/h5-6,9-12,17,24,28H,2-4,7-8H2,1H3,(H,25,26). The van der Waals surface area contributed by atoms with Gasteiger partial charge in [0, 0.05) is 11.1 Å². The Morgan fingerprint density at radius 3 is 2.43 bits per heavy atom. The minimum absolute atomic E-state index is 0.119. The highest BCUT2D eigenvalue weighted by atomic mass is 16.4. The first-order valence-corrected chi connectivity index (χ1v) is 9.63. The lowest BCUT2D eigenvalue weighted by atomic mass is 9.82. The Morgan fingerprint density at radius 2 is 1.79 bits per heavy atom.